The molecular formula is C18H36N2O5. The highest BCUT2D eigenvalue weighted by Gasteiger charge is 2.27. The normalized spacial score (nSPS) is 15.8. The highest BCUT2D eigenvalue weighted by Crippen LogP contribution is 2.12. The van der Waals surface area contributed by atoms with Crippen molar-refractivity contribution in [3.05, 3.63) is 0 Å². The van der Waals surface area contributed by atoms with Gasteiger partial charge in [0.25, 0.3) is 0 Å². The summed E-state index contributed by atoms with van der Waals surface area (Å²) in [5, 5.41) is 25.3. The number of carboxylic acids is 1. The number of ether oxygens (including phenoxy) is 1. The van der Waals surface area contributed by atoms with E-state index in [4.69, 9.17) is 4.74 Å². The SMILES string of the molecule is CC(C)CC(NC(=O)OC(C)(C)C)[C@@H](O)CN[C@@H](CC(C)C)C(=O)O. The molecule has 0 aromatic rings. The number of carbonyl (C=O) groups is 2. The molecule has 0 bridgehead atoms. The van der Waals surface area contributed by atoms with Crippen molar-refractivity contribution in [1.29, 1.82) is 0 Å². The average Bonchev–Trinajstić information content (AvgIpc) is 2.38. The molecule has 7 nitrogen and oxygen atoms in total. The molecule has 1 amide bonds. The standard InChI is InChI=1S/C18H36N2O5/c1-11(2)8-13(20-17(24)25-18(5,6)7)15(21)10-19-14(16(22)23)9-12(3)4/h11-15,19,21H,8-10H2,1-7H3,(H,20,24)(H,22,23)/t13?,14-,15-/m0/s1. The molecule has 0 spiro atoms. The Morgan fingerprint density at radius 2 is 1.56 bits per heavy atom. The van der Waals surface area contributed by atoms with Crippen molar-refractivity contribution < 1.29 is 24.5 Å². The average molecular weight is 360 g/mol. The van der Waals surface area contributed by atoms with Crippen molar-refractivity contribution in [2.24, 2.45) is 11.8 Å². The minimum absolute atomic E-state index is 0.0802. The van der Waals surface area contributed by atoms with Crippen molar-refractivity contribution in [1.82, 2.24) is 10.6 Å². The molecule has 0 aromatic carbocycles. The Morgan fingerprint density at radius 1 is 1.04 bits per heavy atom. The van der Waals surface area contributed by atoms with Gasteiger partial charge in [-0.25, -0.2) is 4.79 Å². The molecule has 7 heteroatoms. The fourth-order valence-electron chi connectivity index (χ4n) is 2.43. The van der Waals surface area contributed by atoms with Crippen LogP contribution in [-0.2, 0) is 9.53 Å². The zero-order valence-corrected chi connectivity index (χ0v) is 16.6. The van der Waals surface area contributed by atoms with Gasteiger partial charge in [-0.05, 0) is 45.4 Å². The molecule has 0 aromatic heterocycles. The molecular weight excluding hydrogens is 324 g/mol. The quantitative estimate of drug-likeness (QED) is 0.476. The summed E-state index contributed by atoms with van der Waals surface area (Å²) in [5.41, 5.74) is -0.624. The first-order valence-corrected chi connectivity index (χ1v) is 8.95. The summed E-state index contributed by atoms with van der Waals surface area (Å²) in [5.74, 6) is -0.473. The lowest BCUT2D eigenvalue weighted by Crippen LogP contribution is -2.51. The Morgan fingerprint density at radius 3 is 1.96 bits per heavy atom. The number of nitrogens with one attached hydrogen (secondary N) is 2. The molecule has 0 saturated carbocycles. The summed E-state index contributed by atoms with van der Waals surface area (Å²) >= 11 is 0. The van der Waals surface area contributed by atoms with Crippen molar-refractivity contribution >= 4 is 12.1 Å². The maximum absolute atomic E-state index is 12.0. The van der Waals surface area contributed by atoms with Crippen LogP contribution in [0.25, 0.3) is 0 Å². The smallest absolute Gasteiger partial charge is 0.407 e. The fourth-order valence-corrected chi connectivity index (χ4v) is 2.43. The molecule has 0 aliphatic rings. The molecule has 0 aliphatic heterocycles. The van der Waals surface area contributed by atoms with Crippen LogP contribution in [0.1, 0.15) is 61.3 Å². The van der Waals surface area contributed by atoms with Gasteiger partial charge in [0.15, 0.2) is 0 Å². The number of carboxylic acid groups (broad SMARTS) is 1. The summed E-state index contributed by atoms with van der Waals surface area (Å²) in [4.78, 5) is 23.3. The highest BCUT2D eigenvalue weighted by atomic mass is 16.6. The van der Waals surface area contributed by atoms with Gasteiger partial charge in [-0.3, -0.25) is 4.79 Å². The van der Waals surface area contributed by atoms with Crippen LogP contribution in [0.2, 0.25) is 0 Å². The van der Waals surface area contributed by atoms with Crippen LogP contribution in [0, 0.1) is 11.8 Å². The van der Waals surface area contributed by atoms with E-state index in [1.54, 1.807) is 20.8 Å². The third-order valence-corrected chi connectivity index (χ3v) is 3.47. The molecule has 148 valence electrons. The van der Waals surface area contributed by atoms with Crippen LogP contribution in [0.15, 0.2) is 0 Å². The van der Waals surface area contributed by atoms with Gasteiger partial charge in [0, 0.05) is 6.54 Å². The molecule has 4 N–H and O–H groups in total. The van der Waals surface area contributed by atoms with Gasteiger partial charge in [-0.1, -0.05) is 27.7 Å². The van der Waals surface area contributed by atoms with Crippen LogP contribution >= 0.6 is 0 Å². The Labute approximate surface area is 151 Å². The number of aliphatic hydroxyl groups excluding tert-OH is 1. The number of carbonyl (C=O) groups excluding carboxylic acids is 1. The number of rotatable bonds is 10. The summed E-state index contributed by atoms with van der Waals surface area (Å²) in [6.07, 6.45) is -0.474. The molecule has 25 heavy (non-hydrogen) atoms. The van der Waals surface area contributed by atoms with E-state index in [9.17, 15) is 19.8 Å². The topological polar surface area (TPSA) is 108 Å². The third-order valence-electron chi connectivity index (χ3n) is 3.47. The van der Waals surface area contributed by atoms with Crippen LogP contribution in [0.5, 0.6) is 0 Å². The summed E-state index contributed by atoms with van der Waals surface area (Å²) < 4.78 is 5.24. The monoisotopic (exact) mass is 360 g/mol. The van der Waals surface area contributed by atoms with Gasteiger partial charge in [0.05, 0.1) is 12.1 Å². The zero-order valence-electron chi connectivity index (χ0n) is 16.6. The number of amides is 1. The minimum Gasteiger partial charge on any atom is -0.480 e. The fraction of sp³-hybridized carbons (Fsp3) is 0.889. The Kier molecular flexibility index (Phi) is 10.0. The van der Waals surface area contributed by atoms with Crippen LogP contribution in [-0.4, -0.2) is 52.6 Å². The molecule has 0 heterocycles. The Hall–Kier alpha value is -1.34. The highest BCUT2D eigenvalue weighted by molar-refractivity contribution is 5.73. The van der Waals surface area contributed by atoms with Gasteiger partial charge in [-0.15, -0.1) is 0 Å². The third kappa shape index (κ3) is 11.8. The van der Waals surface area contributed by atoms with E-state index in [0.717, 1.165) is 0 Å². The van der Waals surface area contributed by atoms with Crippen molar-refractivity contribution in [3.63, 3.8) is 0 Å². The largest absolute Gasteiger partial charge is 0.480 e. The van der Waals surface area contributed by atoms with E-state index >= 15 is 0 Å². The van der Waals surface area contributed by atoms with E-state index in [1.807, 2.05) is 27.7 Å². The van der Waals surface area contributed by atoms with E-state index < -0.39 is 35.9 Å². The molecule has 0 radical (unpaired) electrons. The Balaban J connectivity index is 4.79. The van der Waals surface area contributed by atoms with Gasteiger partial charge >= 0.3 is 12.1 Å². The lowest BCUT2D eigenvalue weighted by atomic mass is 9.98. The van der Waals surface area contributed by atoms with E-state index in [1.165, 1.54) is 0 Å². The van der Waals surface area contributed by atoms with Gasteiger partial charge < -0.3 is 25.6 Å². The molecule has 0 rings (SSSR count). The van der Waals surface area contributed by atoms with Crippen molar-refractivity contribution in [3.8, 4) is 0 Å². The van der Waals surface area contributed by atoms with E-state index in [0.29, 0.717) is 12.8 Å². The number of aliphatic hydroxyl groups is 1. The molecule has 0 saturated heterocycles. The van der Waals surface area contributed by atoms with Crippen LogP contribution in [0.4, 0.5) is 4.79 Å². The lowest BCUT2D eigenvalue weighted by molar-refractivity contribution is -0.140. The number of hydrogen-bond acceptors (Lipinski definition) is 5. The van der Waals surface area contributed by atoms with Crippen molar-refractivity contribution in [2.45, 2.75) is 85.1 Å². The molecule has 0 aliphatic carbocycles. The van der Waals surface area contributed by atoms with E-state index in [2.05, 4.69) is 10.6 Å². The minimum atomic E-state index is -0.943. The van der Waals surface area contributed by atoms with Crippen LogP contribution < -0.4 is 10.6 Å². The molecule has 0 fully saturated rings. The molecule has 3 atom stereocenters. The second kappa shape index (κ2) is 10.6. The number of alkyl carbamates (subject to hydrolysis) is 1. The first-order valence-electron chi connectivity index (χ1n) is 8.95. The zero-order chi connectivity index (χ0) is 19.8. The van der Waals surface area contributed by atoms with Crippen LogP contribution in [0.3, 0.4) is 0 Å². The van der Waals surface area contributed by atoms with Gasteiger partial charge in [-0.2, -0.15) is 0 Å². The lowest BCUT2D eigenvalue weighted by Gasteiger charge is -2.29. The van der Waals surface area contributed by atoms with Gasteiger partial charge in [0.2, 0.25) is 0 Å². The molecule has 1 unspecified atom stereocenters. The first kappa shape index (κ1) is 23.7. The Bertz CT molecular complexity index is 418. The second-order valence-corrected chi connectivity index (χ2v) is 8.38. The van der Waals surface area contributed by atoms with Gasteiger partial charge in [0.1, 0.15) is 11.6 Å². The maximum atomic E-state index is 12.0. The summed E-state index contributed by atoms with van der Waals surface area (Å²) in [6, 6.07) is -1.24. The number of aliphatic carboxylic acids is 1. The second-order valence-electron chi connectivity index (χ2n) is 8.38. The van der Waals surface area contributed by atoms with E-state index in [-0.39, 0.29) is 18.4 Å². The van der Waals surface area contributed by atoms with Crippen molar-refractivity contribution in [2.75, 3.05) is 6.54 Å². The maximum Gasteiger partial charge on any atom is 0.407 e. The summed E-state index contributed by atoms with van der Waals surface area (Å²) in [6.45, 7) is 13.3. The predicted octanol–water partition coefficient (Wildman–Crippen LogP) is 2.38. The predicted molar refractivity (Wildman–Crippen MR) is 97.5 cm³/mol. The number of hydrogen-bond donors (Lipinski definition) is 4. The summed E-state index contributed by atoms with van der Waals surface area (Å²) in [7, 11) is 0. The first-order chi connectivity index (χ1) is 11.3.